The predicted molar refractivity (Wildman–Crippen MR) is 82.2 cm³/mol. The Morgan fingerprint density at radius 3 is 2.80 bits per heavy atom. The molecule has 0 spiro atoms. The van der Waals surface area contributed by atoms with Gasteiger partial charge in [0.05, 0.1) is 18.4 Å². The third-order valence-electron chi connectivity index (χ3n) is 2.96. The number of anilines is 1. The van der Waals surface area contributed by atoms with Crippen molar-refractivity contribution in [3.05, 3.63) is 70.1 Å². The minimum atomic E-state index is -0.322. The Morgan fingerprint density at radius 2 is 2.15 bits per heavy atom. The van der Waals surface area contributed by atoms with E-state index in [1.54, 1.807) is 12.3 Å². The molecule has 0 bridgehead atoms. The standard InChI is InChI=1S/C15H16ClN3O/c1-3-9-19-15(20)14(16)13(10-17-19)18-11(2)12-7-5-4-6-8-12/h3-8,10-11,18H,1,9H2,2H3. The number of benzene rings is 1. The highest BCUT2D eigenvalue weighted by Crippen LogP contribution is 2.22. The van der Waals surface area contributed by atoms with Crippen LogP contribution < -0.4 is 10.9 Å². The van der Waals surface area contributed by atoms with E-state index < -0.39 is 0 Å². The average molecular weight is 290 g/mol. The van der Waals surface area contributed by atoms with Crippen molar-refractivity contribution in [1.29, 1.82) is 0 Å². The van der Waals surface area contributed by atoms with Crippen LogP contribution in [-0.2, 0) is 6.54 Å². The third-order valence-corrected chi connectivity index (χ3v) is 3.32. The molecule has 1 atom stereocenters. The molecule has 5 heteroatoms. The number of aromatic nitrogens is 2. The van der Waals surface area contributed by atoms with Crippen molar-refractivity contribution >= 4 is 17.3 Å². The van der Waals surface area contributed by atoms with Crippen LogP contribution in [-0.4, -0.2) is 9.78 Å². The van der Waals surface area contributed by atoms with E-state index in [-0.39, 0.29) is 16.6 Å². The van der Waals surface area contributed by atoms with Gasteiger partial charge in [0.2, 0.25) is 0 Å². The summed E-state index contributed by atoms with van der Waals surface area (Å²) in [6, 6.07) is 9.95. The summed E-state index contributed by atoms with van der Waals surface area (Å²) >= 11 is 6.10. The number of allylic oxidation sites excluding steroid dienone is 1. The van der Waals surface area contributed by atoms with Crippen LogP contribution in [0.5, 0.6) is 0 Å². The van der Waals surface area contributed by atoms with E-state index in [1.807, 2.05) is 37.3 Å². The zero-order valence-corrected chi connectivity index (χ0v) is 12.0. The molecule has 104 valence electrons. The molecule has 1 unspecified atom stereocenters. The molecule has 1 N–H and O–H groups in total. The minimum absolute atomic E-state index is 0.0326. The van der Waals surface area contributed by atoms with Gasteiger partial charge in [0.15, 0.2) is 0 Å². The summed E-state index contributed by atoms with van der Waals surface area (Å²) < 4.78 is 1.27. The molecule has 0 aliphatic carbocycles. The number of hydrogen-bond donors (Lipinski definition) is 1. The van der Waals surface area contributed by atoms with Crippen molar-refractivity contribution < 1.29 is 0 Å². The van der Waals surface area contributed by atoms with E-state index in [0.717, 1.165) is 5.56 Å². The molecule has 0 saturated carbocycles. The first-order valence-corrected chi connectivity index (χ1v) is 6.69. The Kier molecular flexibility index (Phi) is 4.58. The SMILES string of the molecule is C=CCn1ncc(NC(C)c2ccccc2)c(Cl)c1=O. The van der Waals surface area contributed by atoms with E-state index in [4.69, 9.17) is 11.6 Å². The zero-order chi connectivity index (χ0) is 14.5. The summed E-state index contributed by atoms with van der Waals surface area (Å²) in [6.45, 7) is 5.92. The van der Waals surface area contributed by atoms with Gasteiger partial charge >= 0.3 is 0 Å². The Balaban J connectivity index is 2.24. The fraction of sp³-hybridized carbons (Fsp3) is 0.200. The predicted octanol–water partition coefficient (Wildman–Crippen LogP) is 3.26. The van der Waals surface area contributed by atoms with E-state index in [2.05, 4.69) is 17.0 Å². The van der Waals surface area contributed by atoms with Crippen molar-refractivity contribution in [2.45, 2.75) is 19.5 Å². The molecule has 1 heterocycles. The second-order valence-corrected chi connectivity index (χ2v) is 4.80. The Bertz CT molecular complexity index is 652. The molecule has 4 nitrogen and oxygen atoms in total. The molecule has 1 aromatic carbocycles. The van der Waals surface area contributed by atoms with E-state index in [0.29, 0.717) is 12.2 Å². The summed E-state index contributed by atoms with van der Waals surface area (Å²) in [4.78, 5) is 12.0. The van der Waals surface area contributed by atoms with Gasteiger partial charge in [0.1, 0.15) is 5.02 Å². The highest BCUT2D eigenvalue weighted by Gasteiger charge is 2.11. The average Bonchev–Trinajstić information content (AvgIpc) is 2.48. The fourth-order valence-electron chi connectivity index (χ4n) is 1.88. The lowest BCUT2D eigenvalue weighted by atomic mass is 10.1. The third kappa shape index (κ3) is 3.08. The first-order valence-electron chi connectivity index (χ1n) is 6.31. The highest BCUT2D eigenvalue weighted by molar-refractivity contribution is 6.32. The van der Waals surface area contributed by atoms with Crippen LogP contribution in [0.4, 0.5) is 5.69 Å². The van der Waals surface area contributed by atoms with Crippen molar-refractivity contribution in [3.63, 3.8) is 0 Å². The quantitative estimate of drug-likeness (QED) is 0.860. The topological polar surface area (TPSA) is 46.9 Å². The molecule has 20 heavy (non-hydrogen) atoms. The maximum atomic E-state index is 12.0. The minimum Gasteiger partial charge on any atom is -0.376 e. The van der Waals surface area contributed by atoms with Crippen LogP contribution in [0.15, 0.2) is 54.0 Å². The molecular formula is C15H16ClN3O. The van der Waals surface area contributed by atoms with Crippen molar-refractivity contribution in [2.75, 3.05) is 5.32 Å². The van der Waals surface area contributed by atoms with E-state index in [9.17, 15) is 4.79 Å². The van der Waals surface area contributed by atoms with Gasteiger partial charge in [-0.1, -0.05) is 48.0 Å². The molecule has 2 rings (SSSR count). The van der Waals surface area contributed by atoms with Gasteiger partial charge in [-0.15, -0.1) is 6.58 Å². The van der Waals surface area contributed by atoms with Crippen molar-refractivity contribution in [3.8, 4) is 0 Å². The molecule has 0 saturated heterocycles. The second kappa shape index (κ2) is 6.39. The largest absolute Gasteiger partial charge is 0.376 e. The van der Waals surface area contributed by atoms with Gasteiger partial charge < -0.3 is 5.32 Å². The lowest BCUT2D eigenvalue weighted by Gasteiger charge is -2.16. The fourth-order valence-corrected chi connectivity index (χ4v) is 2.08. The van der Waals surface area contributed by atoms with Crippen LogP contribution in [0.1, 0.15) is 18.5 Å². The summed E-state index contributed by atoms with van der Waals surface area (Å²) in [5.41, 5.74) is 1.32. The van der Waals surface area contributed by atoms with Gasteiger partial charge in [0.25, 0.3) is 5.56 Å². The number of halogens is 1. The number of hydrogen-bond acceptors (Lipinski definition) is 3. The lowest BCUT2D eigenvalue weighted by Crippen LogP contribution is -2.24. The normalized spacial score (nSPS) is 11.9. The molecule has 0 amide bonds. The summed E-state index contributed by atoms with van der Waals surface area (Å²) in [7, 11) is 0. The smallest absolute Gasteiger partial charge is 0.287 e. The Labute approximate surface area is 122 Å². The zero-order valence-electron chi connectivity index (χ0n) is 11.2. The lowest BCUT2D eigenvalue weighted by molar-refractivity contribution is 0.652. The molecule has 2 aromatic rings. The molecule has 0 aliphatic rings. The Morgan fingerprint density at radius 1 is 1.45 bits per heavy atom. The molecular weight excluding hydrogens is 274 g/mol. The number of nitrogens with zero attached hydrogens (tertiary/aromatic N) is 2. The van der Waals surface area contributed by atoms with E-state index >= 15 is 0 Å². The summed E-state index contributed by atoms with van der Waals surface area (Å²) in [6.07, 6.45) is 3.16. The summed E-state index contributed by atoms with van der Waals surface area (Å²) in [5.74, 6) is 0. The second-order valence-electron chi connectivity index (χ2n) is 4.42. The molecule has 1 aromatic heterocycles. The van der Waals surface area contributed by atoms with Gasteiger partial charge in [0, 0.05) is 6.04 Å². The maximum absolute atomic E-state index is 12.0. The first kappa shape index (κ1) is 14.3. The van der Waals surface area contributed by atoms with Crippen LogP contribution in [0, 0.1) is 0 Å². The molecule has 0 radical (unpaired) electrons. The van der Waals surface area contributed by atoms with Gasteiger partial charge in [-0.3, -0.25) is 4.79 Å². The van der Waals surface area contributed by atoms with Crippen molar-refractivity contribution in [2.24, 2.45) is 0 Å². The molecule has 0 fully saturated rings. The van der Waals surface area contributed by atoms with E-state index in [1.165, 1.54) is 4.68 Å². The monoisotopic (exact) mass is 289 g/mol. The van der Waals surface area contributed by atoms with Gasteiger partial charge in [-0.2, -0.15) is 5.10 Å². The van der Waals surface area contributed by atoms with Crippen LogP contribution >= 0.6 is 11.6 Å². The number of nitrogens with one attached hydrogen (secondary N) is 1. The van der Waals surface area contributed by atoms with Crippen molar-refractivity contribution in [1.82, 2.24) is 9.78 Å². The Hall–Kier alpha value is -2.07. The first-order chi connectivity index (χ1) is 9.63. The van der Waals surface area contributed by atoms with Crippen LogP contribution in [0.3, 0.4) is 0 Å². The van der Waals surface area contributed by atoms with Gasteiger partial charge in [-0.25, -0.2) is 4.68 Å². The number of rotatable bonds is 5. The highest BCUT2D eigenvalue weighted by atomic mass is 35.5. The van der Waals surface area contributed by atoms with Crippen LogP contribution in [0.2, 0.25) is 5.02 Å². The summed E-state index contributed by atoms with van der Waals surface area (Å²) in [5, 5.41) is 7.41. The molecule has 0 aliphatic heterocycles. The van der Waals surface area contributed by atoms with Gasteiger partial charge in [-0.05, 0) is 12.5 Å². The maximum Gasteiger partial charge on any atom is 0.287 e. The van der Waals surface area contributed by atoms with Crippen LogP contribution in [0.25, 0.3) is 0 Å².